The molecular formula is C22H29FN4O3S. The third-order valence-electron chi connectivity index (χ3n) is 4.57. The second-order valence-corrected chi connectivity index (χ2v) is 8.02. The van der Waals surface area contributed by atoms with Gasteiger partial charge in [-0.1, -0.05) is 37.6 Å². The lowest BCUT2D eigenvalue weighted by atomic mass is 10.1. The summed E-state index contributed by atoms with van der Waals surface area (Å²) in [6.07, 6.45) is 2.02. The van der Waals surface area contributed by atoms with Crippen LogP contribution in [0.15, 0.2) is 52.2 Å². The van der Waals surface area contributed by atoms with Crippen molar-refractivity contribution >= 4 is 29.4 Å². The maximum absolute atomic E-state index is 12.6. The predicted molar refractivity (Wildman–Crippen MR) is 120 cm³/mol. The second kappa shape index (κ2) is 12.9. The van der Waals surface area contributed by atoms with Gasteiger partial charge in [0.15, 0.2) is 12.1 Å². The Morgan fingerprint density at radius 3 is 2.45 bits per heavy atom. The van der Waals surface area contributed by atoms with E-state index in [4.69, 9.17) is 4.84 Å². The first-order valence-electron chi connectivity index (χ1n) is 10.1. The monoisotopic (exact) mass is 448 g/mol. The van der Waals surface area contributed by atoms with Gasteiger partial charge in [0.25, 0.3) is 0 Å². The Bertz CT molecular complexity index is 813. The summed E-state index contributed by atoms with van der Waals surface area (Å²) >= 11 is 1.71. The summed E-state index contributed by atoms with van der Waals surface area (Å²) in [4.78, 5) is 32.8. The molecule has 3 atom stereocenters. The van der Waals surface area contributed by atoms with Gasteiger partial charge >= 0.3 is 0 Å². The number of likely N-dealkylation sites (N-methyl/N-ethyl adjacent to an activating group) is 1. The minimum absolute atomic E-state index is 0.103. The molecule has 3 unspecified atom stereocenters. The largest absolute Gasteiger partial charge is 0.351 e. The fourth-order valence-electron chi connectivity index (χ4n) is 3.12. The number of aldehydes is 1. The second-order valence-electron chi connectivity index (χ2n) is 7.20. The first-order valence-corrected chi connectivity index (χ1v) is 11.1. The van der Waals surface area contributed by atoms with Crippen LogP contribution in [0.3, 0.4) is 0 Å². The van der Waals surface area contributed by atoms with Gasteiger partial charge < -0.3 is 5.32 Å². The minimum atomic E-state index is -0.573. The van der Waals surface area contributed by atoms with E-state index in [1.807, 2.05) is 36.9 Å². The first kappa shape index (κ1) is 24.6. The number of nitrogens with zero attached hydrogens (tertiary/aromatic N) is 2. The van der Waals surface area contributed by atoms with Crippen LogP contribution in [-0.2, 0) is 14.4 Å². The molecule has 1 saturated heterocycles. The molecule has 0 radical (unpaired) electrons. The third-order valence-corrected chi connectivity index (χ3v) is 5.20. The van der Waals surface area contributed by atoms with Crippen molar-refractivity contribution in [3.05, 3.63) is 58.5 Å². The summed E-state index contributed by atoms with van der Waals surface area (Å²) in [7, 11) is 2.02. The maximum Gasteiger partial charge on any atom is 0.237 e. The molecule has 168 valence electrons. The highest BCUT2D eigenvalue weighted by Crippen LogP contribution is 2.21. The van der Waals surface area contributed by atoms with E-state index < -0.39 is 6.23 Å². The quantitative estimate of drug-likeness (QED) is 0.702. The summed E-state index contributed by atoms with van der Waals surface area (Å²) < 4.78 is 12.6. The number of hydrogen-bond donors (Lipinski definition) is 2. The van der Waals surface area contributed by atoms with Crippen molar-refractivity contribution < 1.29 is 18.8 Å². The van der Waals surface area contributed by atoms with E-state index in [0.717, 1.165) is 19.4 Å². The lowest BCUT2D eigenvalue weighted by Crippen LogP contribution is -2.57. The molecule has 2 aliphatic rings. The molecule has 0 bridgehead atoms. The molecule has 0 saturated carbocycles. The number of thiophene rings is 1. The van der Waals surface area contributed by atoms with Gasteiger partial charge in [0.05, 0.1) is 6.04 Å². The lowest BCUT2D eigenvalue weighted by Gasteiger charge is -2.35. The normalized spacial score (nSPS) is 22.6. The van der Waals surface area contributed by atoms with Crippen LogP contribution in [0.1, 0.15) is 38.5 Å². The molecule has 1 amide bonds. The molecule has 9 heteroatoms. The zero-order valence-electron chi connectivity index (χ0n) is 18.0. The van der Waals surface area contributed by atoms with Crippen molar-refractivity contribution in [1.82, 2.24) is 15.7 Å². The predicted octanol–water partition coefficient (Wildman–Crippen LogP) is 3.31. The Balaban J connectivity index is 0.000000182. The smallest absolute Gasteiger partial charge is 0.237 e. The van der Waals surface area contributed by atoms with Gasteiger partial charge in [-0.05, 0) is 43.3 Å². The van der Waals surface area contributed by atoms with Crippen LogP contribution in [0, 0.1) is 5.82 Å². The first-order chi connectivity index (χ1) is 14.9. The van der Waals surface area contributed by atoms with Crippen LogP contribution in [0.5, 0.6) is 0 Å². The number of nitrogens with one attached hydrogen (secondary N) is 2. The molecule has 1 aromatic heterocycles. The zero-order chi connectivity index (χ0) is 22.6. The molecule has 2 aromatic rings. The standard InChI is InChI=1S/C9H7FN2O2.C9H18N2O.C4H4S/c10-7-3-1-6(2-4-7)9-11-8(5-13)12-14-9;1-4-5-8-9(12)10-7(2)6-11(8)3;1-2-4-5-3-1/h1-5,9H,(H,11,12);7-8H,4-6H2,1-3H3,(H,10,12);1-4H. The average molecular weight is 449 g/mol. The molecule has 2 aliphatic heterocycles. The van der Waals surface area contributed by atoms with Gasteiger partial charge in [0, 0.05) is 18.2 Å². The Kier molecular flexibility index (Phi) is 10.3. The molecule has 7 nitrogen and oxygen atoms in total. The number of benzene rings is 1. The number of piperazine rings is 1. The summed E-state index contributed by atoms with van der Waals surface area (Å²) in [5.74, 6) is 0.0109. The van der Waals surface area contributed by atoms with E-state index in [9.17, 15) is 14.0 Å². The Labute approximate surface area is 186 Å². The van der Waals surface area contributed by atoms with Gasteiger partial charge in [0.2, 0.25) is 12.1 Å². The number of amidine groups is 1. The SMILES string of the molecule is CCCC1C(=O)NC(C)CN1C.O=CC1=NC(c2ccc(F)cc2)ON1.c1ccsc1. The highest BCUT2D eigenvalue weighted by atomic mass is 32.1. The number of rotatable bonds is 4. The van der Waals surface area contributed by atoms with Gasteiger partial charge in [-0.15, -0.1) is 0 Å². The minimum Gasteiger partial charge on any atom is -0.351 e. The molecule has 0 aliphatic carbocycles. The zero-order valence-corrected chi connectivity index (χ0v) is 18.8. The number of carbonyl (C=O) groups excluding carboxylic acids is 2. The fourth-order valence-corrected chi connectivity index (χ4v) is 3.57. The Hall–Kier alpha value is -2.62. The highest BCUT2D eigenvalue weighted by molar-refractivity contribution is 7.07. The van der Waals surface area contributed by atoms with E-state index in [-0.39, 0.29) is 23.6 Å². The van der Waals surface area contributed by atoms with Crippen molar-refractivity contribution in [2.24, 2.45) is 4.99 Å². The number of aliphatic imine (C=N–C) groups is 1. The number of hydroxylamine groups is 1. The van der Waals surface area contributed by atoms with Crippen LogP contribution in [0.2, 0.25) is 0 Å². The molecule has 4 rings (SSSR count). The number of carbonyl (C=O) groups is 2. The molecule has 1 aromatic carbocycles. The van der Waals surface area contributed by atoms with Crippen LogP contribution in [0.4, 0.5) is 4.39 Å². The van der Waals surface area contributed by atoms with Gasteiger partial charge in [-0.2, -0.15) is 11.3 Å². The van der Waals surface area contributed by atoms with Crippen molar-refractivity contribution in [2.75, 3.05) is 13.6 Å². The molecule has 31 heavy (non-hydrogen) atoms. The van der Waals surface area contributed by atoms with E-state index in [2.05, 4.69) is 27.6 Å². The van der Waals surface area contributed by atoms with Crippen LogP contribution in [-0.4, -0.2) is 48.6 Å². The van der Waals surface area contributed by atoms with Crippen LogP contribution >= 0.6 is 11.3 Å². The molecule has 2 N–H and O–H groups in total. The third kappa shape index (κ3) is 8.20. The maximum atomic E-state index is 12.6. The summed E-state index contributed by atoms with van der Waals surface area (Å²) in [6, 6.07) is 10.2. The number of hydrogen-bond acceptors (Lipinski definition) is 7. The Morgan fingerprint density at radius 1 is 1.29 bits per heavy atom. The van der Waals surface area contributed by atoms with E-state index >= 15 is 0 Å². The van der Waals surface area contributed by atoms with Crippen molar-refractivity contribution in [3.8, 4) is 0 Å². The van der Waals surface area contributed by atoms with Crippen LogP contribution < -0.4 is 10.8 Å². The average Bonchev–Trinajstić information content (AvgIpc) is 3.46. The summed E-state index contributed by atoms with van der Waals surface area (Å²) in [5, 5.41) is 7.05. The number of halogens is 1. The molecule has 3 heterocycles. The summed E-state index contributed by atoms with van der Waals surface area (Å²) in [6.45, 7) is 5.12. The number of amides is 1. The van der Waals surface area contributed by atoms with Crippen molar-refractivity contribution in [2.45, 2.75) is 45.0 Å². The molecule has 0 spiro atoms. The van der Waals surface area contributed by atoms with Gasteiger partial charge in [-0.25, -0.2) is 19.7 Å². The van der Waals surface area contributed by atoms with Crippen molar-refractivity contribution in [1.29, 1.82) is 0 Å². The molecular weight excluding hydrogens is 419 g/mol. The van der Waals surface area contributed by atoms with Gasteiger partial charge in [-0.3, -0.25) is 14.5 Å². The molecule has 1 fully saturated rings. The van der Waals surface area contributed by atoms with Crippen molar-refractivity contribution in [3.63, 3.8) is 0 Å². The Morgan fingerprint density at radius 2 is 1.97 bits per heavy atom. The fraction of sp³-hybridized carbons (Fsp3) is 0.409. The van der Waals surface area contributed by atoms with E-state index in [1.165, 1.54) is 12.1 Å². The topological polar surface area (TPSA) is 83.0 Å². The highest BCUT2D eigenvalue weighted by Gasteiger charge is 2.29. The lowest BCUT2D eigenvalue weighted by molar-refractivity contribution is -0.129. The van der Waals surface area contributed by atoms with E-state index in [0.29, 0.717) is 17.9 Å². The van der Waals surface area contributed by atoms with E-state index in [1.54, 1.807) is 23.5 Å². The summed E-state index contributed by atoms with van der Waals surface area (Å²) in [5.41, 5.74) is 3.05. The van der Waals surface area contributed by atoms with Crippen LogP contribution in [0.25, 0.3) is 0 Å². The van der Waals surface area contributed by atoms with Gasteiger partial charge in [0.1, 0.15) is 5.82 Å².